The van der Waals surface area contributed by atoms with Gasteiger partial charge in [0.05, 0.1) is 18.1 Å². The van der Waals surface area contributed by atoms with Crippen LogP contribution in [-0.4, -0.2) is 16.7 Å². The third-order valence-corrected chi connectivity index (χ3v) is 6.68. The Bertz CT molecular complexity index is 1270. The van der Waals surface area contributed by atoms with Gasteiger partial charge in [-0.25, -0.2) is 4.39 Å². The number of ketones is 1. The van der Waals surface area contributed by atoms with Crippen molar-refractivity contribution in [2.24, 2.45) is 0 Å². The molecule has 0 spiro atoms. The maximum Gasteiger partial charge on any atom is 0.174 e. The van der Waals surface area contributed by atoms with Crippen LogP contribution in [-0.2, 0) is 4.79 Å². The second kappa shape index (κ2) is 9.88. The summed E-state index contributed by atoms with van der Waals surface area (Å²) >= 11 is 3.47. The van der Waals surface area contributed by atoms with Crippen LogP contribution in [0.15, 0.2) is 120 Å². The SMILES string of the molecule is O=C(/C=C/c1ccccc1)[C@H]1[C@@H](c2cc(Br)ccc2F)N1C(c1ccccc1)c1ccccc1. The van der Waals surface area contributed by atoms with Crippen molar-refractivity contribution in [1.29, 1.82) is 0 Å². The van der Waals surface area contributed by atoms with Crippen LogP contribution in [0.5, 0.6) is 0 Å². The average molecular weight is 512 g/mol. The van der Waals surface area contributed by atoms with Gasteiger partial charge in [-0.2, -0.15) is 0 Å². The molecule has 0 amide bonds. The van der Waals surface area contributed by atoms with Crippen LogP contribution in [0.2, 0.25) is 0 Å². The molecule has 2 nitrogen and oxygen atoms in total. The zero-order valence-electron chi connectivity index (χ0n) is 18.4. The Kier molecular flexibility index (Phi) is 6.52. The van der Waals surface area contributed by atoms with E-state index in [-0.39, 0.29) is 23.7 Å². The van der Waals surface area contributed by atoms with Crippen LogP contribution in [0.25, 0.3) is 6.08 Å². The van der Waals surface area contributed by atoms with Gasteiger partial charge in [-0.05, 0) is 41.0 Å². The Balaban J connectivity index is 1.57. The number of carbonyl (C=O) groups is 1. The van der Waals surface area contributed by atoms with Gasteiger partial charge in [-0.15, -0.1) is 0 Å². The highest BCUT2D eigenvalue weighted by atomic mass is 79.9. The van der Waals surface area contributed by atoms with E-state index in [2.05, 4.69) is 45.1 Å². The fraction of sp³-hybridized carbons (Fsp3) is 0.100. The van der Waals surface area contributed by atoms with Crippen LogP contribution in [0, 0.1) is 5.82 Å². The summed E-state index contributed by atoms with van der Waals surface area (Å²) in [5.41, 5.74) is 3.61. The Morgan fingerprint density at radius 1 is 0.824 bits per heavy atom. The van der Waals surface area contributed by atoms with Crippen molar-refractivity contribution >= 4 is 27.8 Å². The molecule has 3 atom stereocenters. The van der Waals surface area contributed by atoms with Gasteiger partial charge < -0.3 is 0 Å². The fourth-order valence-electron chi connectivity index (χ4n) is 4.59. The third kappa shape index (κ3) is 4.65. The molecule has 1 unspecified atom stereocenters. The molecule has 1 fully saturated rings. The summed E-state index contributed by atoms with van der Waals surface area (Å²) in [5, 5.41) is 0. The molecule has 168 valence electrons. The van der Waals surface area contributed by atoms with Gasteiger partial charge in [0.25, 0.3) is 0 Å². The van der Waals surface area contributed by atoms with E-state index in [0.29, 0.717) is 5.56 Å². The molecule has 0 bridgehead atoms. The van der Waals surface area contributed by atoms with Crippen LogP contribution in [0.4, 0.5) is 4.39 Å². The van der Waals surface area contributed by atoms with E-state index in [1.165, 1.54) is 6.07 Å². The van der Waals surface area contributed by atoms with E-state index < -0.39 is 6.04 Å². The van der Waals surface area contributed by atoms with Gasteiger partial charge in [0.1, 0.15) is 5.82 Å². The zero-order valence-corrected chi connectivity index (χ0v) is 20.0. The molecule has 0 aliphatic carbocycles. The number of nitrogens with zero attached hydrogens (tertiary/aromatic N) is 1. The Labute approximate surface area is 207 Å². The number of hydrogen-bond acceptors (Lipinski definition) is 2. The minimum Gasteiger partial charge on any atom is -0.293 e. The first kappa shape index (κ1) is 22.5. The molecule has 4 aromatic rings. The van der Waals surface area contributed by atoms with Crippen LogP contribution < -0.4 is 0 Å². The number of halogens is 2. The summed E-state index contributed by atoms with van der Waals surface area (Å²) in [6, 6.07) is 33.8. The first-order valence-corrected chi connectivity index (χ1v) is 12.0. The minimum atomic E-state index is -0.464. The minimum absolute atomic E-state index is 0.0370. The van der Waals surface area contributed by atoms with Crippen LogP contribution in [0.1, 0.15) is 34.3 Å². The summed E-state index contributed by atoms with van der Waals surface area (Å²) in [6.07, 6.45) is 3.45. The number of hydrogen-bond donors (Lipinski definition) is 0. The second-order valence-electron chi connectivity index (χ2n) is 8.37. The maximum absolute atomic E-state index is 15.0. The molecular weight excluding hydrogens is 489 g/mol. The van der Waals surface area contributed by atoms with Gasteiger partial charge in [0, 0.05) is 10.0 Å². The quantitative estimate of drug-likeness (QED) is 0.190. The molecule has 1 saturated heterocycles. The zero-order chi connectivity index (χ0) is 23.5. The molecule has 1 aliphatic heterocycles. The molecule has 1 aliphatic rings. The molecule has 34 heavy (non-hydrogen) atoms. The Morgan fingerprint density at radius 3 is 1.97 bits per heavy atom. The van der Waals surface area contributed by atoms with Gasteiger partial charge in [-0.1, -0.05) is 113 Å². The number of benzene rings is 4. The topological polar surface area (TPSA) is 20.1 Å². The first-order chi connectivity index (χ1) is 16.6. The summed E-state index contributed by atoms with van der Waals surface area (Å²) in [7, 11) is 0. The molecule has 0 N–H and O–H groups in total. The van der Waals surface area contributed by atoms with Crippen LogP contribution in [0.3, 0.4) is 0 Å². The Hall–Kier alpha value is -3.34. The van der Waals surface area contributed by atoms with E-state index in [1.54, 1.807) is 18.2 Å². The summed E-state index contributed by atoms with van der Waals surface area (Å²) < 4.78 is 15.8. The monoisotopic (exact) mass is 511 g/mol. The highest BCUT2D eigenvalue weighted by Crippen LogP contribution is 2.53. The highest BCUT2D eigenvalue weighted by Gasteiger charge is 2.56. The van der Waals surface area contributed by atoms with E-state index >= 15 is 4.39 Å². The van der Waals surface area contributed by atoms with Gasteiger partial charge in [0.15, 0.2) is 5.78 Å². The van der Waals surface area contributed by atoms with Crippen molar-refractivity contribution in [3.05, 3.63) is 148 Å². The van der Waals surface area contributed by atoms with E-state index in [0.717, 1.165) is 21.2 Å². The van der Waals surface area contributed by atoms with Crippen molar-refractivity contribution in [1.82, 2.24) is 4.90 Å². The predicted molar refractivity (Wildman–Crippen MR) is 138 cm³/mol. The molecule has 1 heterocycles. The van der Waals surface area contributed by atoms with Crippen molar-refractivity contribution in [3.8, 4) is 0 Å². The molecule has 0 radical (unpaired) electrons. The van der Waals surface area contributed by atoms with Crippen molar-refractivity contribution in [2.75, 3.05) is 0 Å². The predicted octanol–water partition coefficient (Wildman–Crippen LogP) is 7.39. The molecule has 4 aromatic carbocycles. The highest BCUT2D eigenvalue weighted by molar-refractivity contribution is 9.10. The standard InChI is InChI=1S/C30H23BrFNO/c31-24-17-18-26(32)25(20-24)29-30(27(34)19-16-21-10-4-1-5-11-21)33(29)28(22-12-6-2-7-13-22)23-14-8-3-9-15-23/h1-20,28-30H/b19-16+/t29-,30+,33?/m1/s1. The average Bonchev–Trinajstić information content (AvgIpc) is 3.61. The van der Waals surface area contributed by atoms with Crippen LogP contribution >= 0.6 is 15.9 Å². The van der Waals surface area contributed by atoms with Gasteiger partial charge >= 0.3 is 0 Å². The fourth-order valence-corrected chi connectivity index (χ4v) is 4.97. The molecule has 5 rings (SSSR count). The van der Waals surface area contributed by atoms with E-state index in [4.69, 9.17) is 0 Å². The lowest BCUT2D eigenvalue weighted by atomic mass is 9.98. The maximum atomic E-state index is 15.0. The van der Waals surface area contributed by atoms with Crippen molar-refractivity contribution in [3.63, 3.8) is 0 Å². The Morgan fingerprint density at radius 2 is 1.38 bits per heavy atom. The number of rotatable bonds is 7. The molecule has 0 aromatic heterocycles. The van der Waals surface area contributed by atoms with Gasteiger partial charge in [0.2, 0.25) is 0 Å². The normalized spacial score (nSPS) is 19.4. The molecular formula is C30H23BrFNO. The lowest BCUT2D eigenvalue weighted by Crippen LogP contribution is -2.17. The first-order valence-electron chi connectivity index (χ1n) is 11.2. The van der Waals surface area contributed by atoms with Crippen molar-refractivity contribution < 1.29 is 9.18 Å². The number of carbonyl (C=O) groups excluding carboxylic acids is 1. The largest absolute Gasteiger partial charge is 0.293 e. The summed E-state index contributed by atoms with van der Waals surface area (Å²) in [5.74, 6) is -0.342. The second-order valence-corrected chi connectivity index (χ2v) is 9.29. The molecule has 4 heteroatoms. The smallest absolute Gasteiger partial charge is 0.174 e. The lowest BCUT2D eigenvalue weighted by Gasteiger charge is -2.21. The van der Waals surface area contributed by atoms with Crippen molar-refractivity contribution in [2.45, 2.75) is 18.1 Å². The van der Waals surface area contributed by atoms with Gasteiger partial charge in [-0.3, -0.25) is 9.69 Å². The third-order valence-electron chi connectivity index (χ3n) is 6.19. The summed E-state index contributed by atoms with van der Waals surface area (Å²) in [6.45, 7) is 0. The molecule has 0 saturated carbocycles. The lowest BCUT2D eigenvalue weighted by molar-refractivity contribution is -0.114. The summed E-state index contributed by atoms with van der Waals surface area (Å²) in [4.78, 5) is 15.6. The van der Waals surface area contributed by atoms with E-state index in [9.17, 15) is 4.79 Å². The van der Waals surface area contributed by atoms with E-state index in [1.807, 2.05) is 72.8 Å².